The lowest BCUT2D eigenvalue weighted by molar-refractivity contribution is 0.349. The Hall–Kier alpha value is -0.210. The lowest BCUT2D eigenvalue weighted by Crippen LogP contribution is -2.34. The number of nitrogens with zero attached hydrogens (tertiary/aromatic N) is 1. The second kappa shape index (κ2) is 6.27. The van der Waals surface area contributed by atoms with Gasteiger partial charge in [-0.1, -0.05) is 6.92 Å². The minimum absolute atomic E-state index is 0. The fourth-order valence-electron chi connectivity index (χ4n) is 2.14. The molecule has 1 unspecified atom stereocenters. The molecule has 20 heavy (non-hydrogen) atoms. The first-order valence-electron chi connectivity index (χ1n) is 5.94. The largest absolute Gasteiger partial charge is 0.330 e. The Bertz CT molecular complexity index is 599. The third kappa shape index (κ3) is 3.33. The summed E-state index contributed by atoms with van der Waals surface area (Å²) in [4.78, 5) is 0.0991. The smallest absolute Gasteiger partial charge is 0.243 e. The summed E-state index contributed by atoms with van der Waals surface area (Å²) < 4.78 is 39.6. The summed E-state index contributed by atoms with van der Waals surface area (Å²) >= 11 is 3.01. The van der Waals surface area contributed by atoms with Crippen LogP contribution in [0.2, 0.25) is 0 Å². The first-order chi connectivity index (χ1) is 8.78. The van der Waals surface area contributed by atoms with Gasteiger partial charge in [-0.05, 0) is 52.5 Å². The molecule has 8 heteroatoms. The number of rotatable bonds is 3. The van der Waals surface area contributed by atoms with Gasteiger partial charge in [-0.25, -0.2) is 12.8 Å². The van der Waals surface area contributed by atoms with Gasteiger partial charge in [-0.15, -0.1) is 12.4 Å². The van der Waals surface area contributed by atoms with Crippen molar-refractivity contribution in [3.63, 3.8) is 0 Å². The van der Waals surface area contributed by atoms with Crippen molar-refractivity contribution in [1.82, 2.24) is 4.31 Å². The highest BCUT2D eigenvalue weighted by molar-refractivity contribution is 9.10. The number of benzene rings is 1. The van der Waals surface area contributed by atoms with E-state index in [4.69, 9.17) is 5.73 Å². The molecule has 1 fully saturated rings. The normalized spacial score (nSPS) is 23.6. The van der Waals surface area contributed by atoms with Gasteiger partial charge in [0.15, 0.2) is 0 Å². The van der Waals surface area contributed by atoms with Crippen molar-refractivity contribution in [2.45, 2.75) is 18.2 Å². The lowest BCUT2D eigenvalue weighted by Gasteiger charge is -2.22. The Morgan fingerprint density at radius 3 is 2.65 bits per heavy atom. The maximum absolute atomic E-state index is 13.2. The predicted molar refractivity (Wildman–Crippen MR) is 81.9 cm³/mol. The minimum atomic E-state index is -3.58. The number of hydrogen-bond donors (Lipinski definition) is 1. The van der Waals surface area contributed by atoms with Crippen LogP contribution < -0.4 is 5.73 Å². The summed E-state index contributed by atoms with van der Waals surface area (Å²) in [5.41, 5.74) is 5.50. The van der Waals surface area contributed by atoms with E-state index in [9.17, 15) is 12.8 Å². The molecule has 1 aliphatic heterocycles. The molecule has 4 nitrogen and oxygen atoms in total. The van der Waals surface area contributed by atoms with Gasteiger partial charge < -0.3 is 5.73 Å². The van der Waals surface area contributed by atoms with Crippen molar-refractivity contribution >= 4 is 38.4 Å². The summed E-state index contributed by atoms with van der Waals surface area (Å²) in [7, 11) is -3.58. The number of halogens is 3. The molecule has 0 amide bonds. The van der Waals surface area contributed by atoms with Crippen LogP contribution in [0.25, 0.3) is 0 Å². The van der Waals surface area contributed by atoms with Gasteiger partial charge in [0.05, 0.1) is 9.37 Å². The van der Waals surface area contributed by atoms with E-state index in [1.807, 2.05) is 6.92 Å². The Labute approximate surface area is 133 Å². The third-order valence-electron chi connectivity index (χ3n) is 3.54. The van der Waals surface area contributed by atoms with Gasteiger partial charge in [0.25, 0.3) is 0 Å². The highest BCUT2D eigenvalue weighted by Gasteiger charge is 2.39. The summed E-state index contributed by atoms with van der Waals surface area (Å²) in [6.07, 6.45) is 0.741. The highest BCUT2D eigenvalue weighted by Crippen LogP contribution is 2.33. The zero-order valence-corrected chi connectivity index (χ0v) is 14.2. The summed E-state index contributed by atoms with van der Waals surface area (Å²) in [5.74, 6) is -0.479. The molecule has 2 rings (SSSR count). The Morgan fingerprint density at radius 2 is 2.15 bits per heavy atom. The fourth-order valence-corrected chi connectivity index (χ4v) is 4.29. The highest BCUT2D eigenvalue weighted by atomic mass is 79.9. The van der Waals surface area contributed by atoms with Crippen molar-refractivity contribution in [3.8, 4) is 0 Å². The zero-order valence-electron chi connectivity index (χ0n) is 11.0. The van der Waals surface area contributed by atoms with Crippen LogP contribution in [-0.4, -0.2) is 32.4 Å². The van der Waals surface area contributed by atoms with Gasteiger partial charge in [0.1, 0.15) is 5.82 Å². The molecule has 1 saturated heterocycles. The molecule has 2 N–H and O–H groups in total. The summed E-state index contributed by atoms with van der Waals surface area (Å²) in [6.45, 7) is 3.28. The topological polar surface area (TPSA) is 63.4 Å². The van der Waals surface area contributed by atoms with Gasteiger partial charge >= 0.3 is 0 Å². The molecule has 0 bridgehead atoms. The number of nitrogens with two attached hydrogens (primary N) is 1. The van der Waals surface area contributed by atoms with E-state index < -0.39 is 15.8 Å². The Kier molecular flexibility index (Phi) is 5.60. The van der Waals surface area contributed by atoms with Crippen molar-refractivity contribution in [2.24, 2.45) is 11.1 Å². The van der Waals surface area contributed by atoms with Gasteiger partial charge in [-0.2, -0.15) is 4.31 Å². The molecule has 114 valence electrons. The van der Waals surface area contributed by atoms with Gasteiger partial charge in [-0.3, -0.25) is 0 Å². The minimum Gasteiger partial charge on any atom is -0.330 e. The molecule has 0 saturated carbocycles. The molecule has 1 atom stereocenters. The van der Waals surface area contributed by atoms with E-state index in [1.165, 1.54) is 16.4 Å². The molecular formula is C12H17BrClFN2O2S. The van der Waals surface area contributed by atoms with Crippen molar-refractivity contribution in [3.05, 3.63) is 28.5 Å². The molecule has 0 aromatic heterocycles. The maximum Gasteiger partial charge on any atom is 0.243 e. The molecule has 0 spiro atoms. The Morgan fingerprint density at radius 1 is 1.50 bits per heavy atom. The van der Waals surface area contributed by atoms with Crippen LogP contribution in [-0.2, 0) is 10.0 Å². The standard InChI is InChI=1S/C12H16BrFN2O2S.ClH/c1-12(7-15)4-5-16(8-12)19(17,18)9-2-3-11(14)10(13)6-9;/h2-3,6H,4-5,7-8,15H2,1H3;1H. The quantitative estimate of drug-likeness (QED) is 0.866. The summed E-state index contributed by atoms with van der Waals surface area (Å²) in [5, 5.41) is 0. The SMILES string of the molecule is CC1(CN)CCN(S(=O)(=O)c2ccc(F)c(Br)c2)C1.Cl. The fraction of sp³-hybridized carbons (Fsp3) is 0.500. The van der Waals surface area contributed by atoms with Crippen LogP contribution in [0.15, 0.2) is 27.6 Å². The zero-order chi connectivity index (χ0) is 14.3. The molecule has 1 aromatic rings. The van der Waals surface area contributed by atoms with E-state index in [-0.39, 0.29) is 27.2 Å². The van der Waals surface area contributed by atoms with Crippen LogP contribution in [0, 0.1) is 11.2 Å². The average molecular weight is 388 g/mol. The Balaban J connectivity index is 0.00000200. The molecule has 1 aliphatic rings. The second-order valence-electron chi connectivity index (χ2n) is 5.18. The molecule has 0 radical (unpaired) electrons. The van der Waals surface area contributed by atoms with Crippen LogP contribution in [0.1, 0.15) is 13.3 Å². The third-order valence-corrected chi connectivity index (χ3v) is 5.99. The monoisotopic (exact) mass is 386 g/mol. The lowest BCUT2D eigenvalue weighted by atomic mass is 9.90. The van der Waals surface area contributed by atoms with Crippen LogP contribution in [0.3, 0.4) is 0 Å². The van der Waals surface area contributed by atoms with Crippen LogP contribution in [0.5, 0.6) is 0 Å². The predicted octanol–water partition coefficient (Wildman–Crippen LogP) is 2.37. The van der Waals surface area contributed by atoms with Crippen molar-refractivity contribution in [2.75, 3.05) is 19.6 Å². The number of hydrogen-bond acceptors (Lipinski definition) is 3. The first-order valence-corrected chi connectivity index (χ1v) is 8.17. The van der Waals surface area contributed by atoms with Crippen molar-refractivity contribution in [1.29, 1.82) is 0 Å². The number of sulfonamides is 1. The summed E-state index contributed by atoms with van der Waals surface area (Å²) in [6, 6.07) is 3.73. The van der Waals surface area contributed by atoms with E-state index in [1.54, 1.807) is 0 Å². The van der Waals surface area contributed by atoms with Crippen molar-refractivity contribution < 1.29 is 12.8 Å². The second-order valence-corrected chi connectivity index (χ2v) is 7.97. The van der Waals surface area contributed by atoms with Gasteiger partial charge in [0.2, 0.25) is 10.0 Å². The van der Waals surface area contributed by atoms with E-state index in [2.05, 4.69) is 15.9 Å². The van der Waals surface area contributed by atoms with Gasteiger partial charge in [0, 0.05) is 13.1 Å². The van der Waals surface area contributed by atoms with E-state index in [0.29, 0.717) is 19.6 Å². The maximum atomic E-state index is 13.2. The van der Waals surface area contributed by atoms with E-state index in [0.717, 1.165) is 12.5 Å². The average Bonchev–Trinajstić information content (AvgIpc) is 2.77. The molecule has 0 aliphatic carbocycles. The first kappa shape index (κ1) is 17.8. The molecule has 1 heterocycles. The molecular weight excluding hydrogens is 371 g/mol. The van der Waals surface area contributed by atoms with Crippen LogP contribution in [0.4, 0.5) is 4.39 Å². The van der Waals surface area contributed by atoms with Crippen LogP contribution >= 0.6 is 28.3 Å². The molecule has 1 aromatic carbocycles. The van der Waals surface area contributed by atoms with E-state index >= 15 is 0 Å².